The standard InChI is InChI=1S/C28H25BrClIN2O4/c1-17(18-8-10-21(30)11-9-18)33-26(19-5-4-6-20(29)15-19)28(37)32(14-3-2-7-25(34)35)24-13-12-22(31)16-23(24)27(33)36/h4-6,8-13,15-17,26H,2-3,7,14H2,1H3,(H,34,35). The third-order valence-electron chi connectivity index (χ3n) is 6.45. The van der Waals surface area contributed by atoms with Gasteiger partial charge in [-0.05, 0) is 95.9 Å². The minimum absolute atomic E-state index is 0.0231. The highest BCUT2D eigenvalue weighted by Gasteiger charge is 2.42. The highest BCUT2D eigenvalue weighted by molar-refractivity contribution is 14.1. The smallest absolute Gasteiger partial charge is 0.303 e. The average molecular weight is 696 g/mol. The van der Waals surface area contributed by atoms with E-state index in [4.69, 9.17) is 16.7 Å². The molecular weight excluding hydrogens is 671 g/mol. The van der Waals surface area contributed by atoms with Crippen LogP contribution in [0.3, 0.4) is 0 Å². The predicted octanol–water partition coefficient (Wildman–Crippen LogP) is 7.25. The molecule has 192 valence electrons. The molecule has 37 heavy (non-hydrogen) atoms. The molecular formula is C28H25BrClIN2O4. The Kier molecular flexibility index (Phi) is 8.92. The molecule has 9 heteroatoms. The first-order valence-electron chi connectivity index (χ1n) is 11.8. The summed E-state index contributed by atoms with van der Waals surface area (Å²) in [6.45, 7) is 2.22. The van der Waals surface area contributed by atoms with Gasteiger partial charge in [0.05, 0.1) is 17.3 Å². The average Bonchev–Trinajstić information content (AvgIpc) is 2.94. The number of hydrogen-bond acceptors (Lipinski definition) is 3. The Bertz CT molecular complexity index is 1330. The normalized spacial score (nSPS) is 16.4. The molecule has 0 spiro atoms. The molecule has 3 aromatic rings. The molecule has 0 fully saturated rings. The summed E-state index contributed by atoms with van der Waals surface area (Å²) in [5.74, 6) is -1.35. The lowest BCUT2D eigenvalue weighted by atomic mass is 9.98. The van der Waals surface area contributed by atoms with Crippen molar-refractivity contribution in [1.29, 1.82) is 0 Å². The van der Waals surface area contributed by atoms with E-state index in [9.17, 15) is 14.4 Å². The molecule has 6 nitrogen and oxygen atoms in total. The quantitative estimate of drug-likeness (QED) is 0.199. The lowest BCUT2D eigenvalue weighted by Crippen LogP contribution is -2.44. The number of halogens is 3. The fourth-order valence-corrected chi connectivity index (χ4v) is 5.65. The van der Waals surface area contributed by atoms with Crippen LogP contribution in [-0.4, -0.2) is 34.3 Å². The number of anilines is 1. The van der Waals surface area contributed by atoms with E-state index in [0.717, 1.165) is 13.6 Å². The molecule has 3 aromatic carbocycles. The summed E-state index contributed by atoms with van der Waals surface area (Å²) in [5, 5.41) is 9.65. The van der Waals surface area contributed by atoms with Crippen LogP contribution in [-0.2, 0) is 9.59 Å². The van der Waals surface area contributed by atoms with Gasteiger partial charge in [0, 0.05) is 26.0 Å². The third kappa shape index (κ3) is 6.18. The Labute approximate surface area is 242 Å². The SMILES string of the molecule is CC(c1ccc(Cl)cc1)N1C(=O)c2cc(I)ccc2N(CCCCC(=O)O)C(=O)C1c1cccc(Br)c1. The van der Waals surface area contributed by atoms with E-state index < -0.39 is 18.1 Å². The van der Waals surface area contributed by atoms with Gasteiger partial charge in [-0.3, -0.25) is 14.4 Å². The number of nitrogens with zero attached hydrogens (tertiary/aromatic N) is 2. The molecule has 4 rings (SSSR count). The van der Waals surface area contributed by atoms with Gasteiger partial charge in [-0.15, -0.1) is 0 Å². The summed E-state index contributed by atoms with van der Waals surface area (Å²) in [7, 11) is 0. The fraction of sp³-hybridized carbons (Fsp3) is 0.250. The van der Waals surface area contributed by atoms with E-state index in [2.05, 4.69) is 38.5 Å². The molecule has 0 saturated heterocycles. The monoisotopic (exact) mass is 694 g/mol. The van der Waals surface area contributed by atoms with E-state index in [1.165, 1.54) is 0 Å². The van der Waals surface area contributed by atoms with Gasteiger partial charge >= 0.3 is 5.97 Å². The first-order valence-corrected chi connectivity index (χ1v) is 14.1. The zero-order valence-electron chi connectivity index (χ0n) is 20.0. The maximum Gasteiger partial charge on any atom is 0.303 e. The van der Waals surface area contributed by atoms with Gasteiger partial charge in [-0.1, -0.05) is 51.8 Å². The van der Waals surface area contributed by atoms with Crippen LogP contribution in [0.25, 0.3) is 0 Å². The second kappa shape index (κ2) is 12.0. The lowest BCUT2D eigenvalue weighted by Gasteiger charge is -2.36. The van der Waals surface area contributed by atoms with Crippen molar-refractivity contribution in [3.8, 4) is 0 Å². The molecule has 2 unspecified atom stereocenters. The number of unbranched alkanes of at least 4 members (excludes halogenated alkanes) is 1. The minimum atomic E-state index is -0.889. The van der Waals surface area contributed by atoms with Gasteiger partial charge in [0.25, 0.3) is 11.8 Å². The summed E-state index contributed by atoms with van der Waals surface area (Å²) in [6, 6.07) is 18.9. The number of carbonyl (C=O) groups excluding carboxylic acids is 2. The molecule has 1 heterocycles. The van der Waals surface area contributed by atoms with Gasteiger partial charge in [-0.2, -0.15) is 0 Å². The lowest BCUT2D eigenvalue weighted by molar-refractivity contribution is -0.137. The van der Waals surface area contributed by atoms with Gasteiger partial charge in [-0.25, -0.2) is 0 Å². The van der Waals surface area contributed by atoms with E-state index in [1.807, 2.05) is 49.4 Å². The van der Waals surface area contributed by atoms with Crippen molar-refractivity contribution in [2.45, 2.75) is 38.3 Å². The number of benzene rings is 3. The van der Waals surface area contributed by atoms with Crippen LogP contribution in [0, 0.1) is 3.57 Å². The van der Waals surface area contributed by atoms with Crippen molar-refractivity contribution in [1.82, 2.24) is 4.90 Å². The predicted molar refractivity (Wildman–Crippen MR) is 156 cm³/mol. The maximum absolute atomic E-state index is 14.4. The Morgan fingerprint density at radius 1 is 1.08 bits per heavy atom. The van der Waals surface area contributed by atoms with Gasteiger partial charge in [0.1, 0.15) is 6.04 Å². The number of aliphatic carboxylic acids is 1. The fourth-order valence-electron chi connectivity index (χ4n) is 4.61. The number of carboxylic acid groups (broad SMARTS) is 1. The molecule has 1 aliphatic rings. The van der Waals surface area contributed by atoms with E-state index >= 15 is 0 Å². The summed E-state index contributed by atoms with van der Waals surface area (Å²) in [5.41, 5.74) is 2.52. The molecule has 0 aliphatic carbocycles. The van der Waals surface area contributed by atoms with Crippen molar-refractivity contribution < 1.29 is 19.5 Å². The first-order chi connectivity index (χ1) is 17.7. The molecule has 0 saturated carbocycles. The van der Waals surface area contributed by atoms with Crippen molar-refractivity contribution in [3.63, 3.8) is 0 Å². The summed E-state index contributed by atoms with van der Waals surface area (Å²) >= 11 is 11.8. The number of fused-ring (bicyclic) bond motifs is 1. The Morgan fingerprint density at radius 3 is 2.49 bits per heavy atom. The van der Waals surface area contributed by atoms with E-state index in [0.29, 0.717) is 41.2 Å². The largest absolute Gasteiger partial charge is 0.481 e. The zero-order chi connectivity index (χ0) is 26.7. The van der Waals surface area contributed by atoms with Crippen LogP contribution in [0.15, 0.2) is 71.2 Å². The molecule has 1 aliphatic heterocycles. The summed E-state index contributed by atoms with van der Waals surface area (Å²) in [4.78, 5) is 43.0. The maximum atomic E-state index is 14.4. The van der Waals surface area contributed by atoms with E-state index in [-0.39, 0.29) is 18.2 Å². The van der Waals surface area contributed by atoms with E-state index in [1.54, 1.807) is 34.1 Å². The zero-order valence-corrected chi connectivity index (χ0v) is 24.5. The summed E-state index contributed by atoms with van der Waals surface area (Å²) in [6.07, 6.45) is 0.949. The Hall–Kier alpha value is -2.43. The van der Waals surface area contributed by atoms with Gasteiger partial charge < -0.3 is 14.9 Å². The number of rotatable bonds is 8. The van der Waals surface area contributed by atoms with Crippen molar-refractivity contribution in [2.24, 2.45) is 0 Å². The number of amides is 2. The van der Waals surface area contributed by atoms with Crippen LogP contribution < -0.4 is 4.90 Å². The van der Waals surface area contributed by atoms with Crippen LogP contribution in [0.2, 0.25) is 5.02 Å². The summed E-state index contributed by atoms with van der Waals surface area (Å²) < 4.78 is 1.68. The Balaban J connectivity index is 1.86. The number of carboxylic acids is 1. The van der Waals surface area contributed by atoms with Crippen LogP contribution >= 0.6 is 50.1 Å². The minimum Gasteiger partial charge on any atom is -0.481 e. The first kappa shape index (κ1) is 27.6. The van der Waals surface area contributed by atoms with Crippen molar-refractivity contribution in [2.75, 3.05) is 11.4 Å². The van der Waals surface area contributed by atoms with Crippen LogP contribution in [0.1, 0.15) is 59.8 Å². The molecule has 2 amide bonds. The third-order valence-corrected chi connectivity index (χ3v) is 7.87. The highest BCUT2D eigenvalue weighted by atomic mass is 127. The van der Waals surface area contributed by atoms with Crippen LogP contribution in [0.5, 0.6) is 0 Å². The molecule has 0 bridgehead atoms. The van der Waals surface area contributed by atoms with Gasteiger partial charge in [0.2, 0.25) is 0 Å². The number of carbonyl (C=O) groups is 3. The van der Waals surface area contributed by atoms with Crippen molar-refractivity contribution >= 4 is 73.6 Å². The van der Waals surface area contributed by atoms with Crippen LogP contribution in [0.4, 0.5) is 5.69 Å². The molecule has 1 N–H and O–H groups in total. The van der Waals surface area contributed by atoms with Gasteiger partial charge in [0.15, 0.2) is 0 Å². The Morgan fingerprint density at radius 2 is 1.81 bits per heavy atom. The highest BCUT2D eigenvalue weighted by Crippen LogP contribution is 2.40. The second-order valence-corrected chi connectivity index (χ2v) is 11.5. The molecule has 0 aromatic heterocycles. The van der Waals surface area contributed by atoms with Crippen molar-refractivity contribution in [3.05, 3.63) is 96.5 Å². The molecule has 0 radical (unpaired) electrons. The molecule has 2 atom stereocenters. The second-order valence-electron chi connectivity index (χ2n) is 8.90. The number of hydrogen-bond donors (Lipinski definition) is 1. The topological polar surface area (TPSA) is 77.9 Å².